The highest BCUT2D eigenvalue weighted by Gasteiger charge is 2.27. The molecule has 1 aromatic carbocycles. The molecule has 1 aliphatic heterocycles. The summed E-state index contributed by atoms with van der Waals surface area (Å²) in [6.07, 6.45) is 0.275. The van der Waals surface area contributed by atoms with E-state index in [0.29, 0.717) is 19.8 Å². The van der Waals surface area contributed by atoms with Crippen LogP contribution in [0, 0.1) is 6.07 Å². The highest BCUT2D eigenvalue weighted by molar-refractivity contribution is 5.81. The van der Waals surface area contributed by atoms with Crippen LogP contribution in [0.25, 0.3) is 0 Å². The van der Waals surface area contributed by atoms with E-state index in [2.05, 4.69) is 17.5 Å². The summed E-state index contributed by atoms with van der Waals surface area (Å²) in [4.78, 5) is 28.4. The lowest BCUT2D eigenvalue weighted by molar-refractivity contribution is -0.147. The molecule has 1 aliphatic rings. The van der Waals surface area contributed by atoms with Crippen molar-refractivity contribution in [2.24, 2.45) is 0 Å². The second-order valence-electron chi connectivity index (χ2n) is 6.87. The quantitative estimate of drug-likeness (QED) is 0.378. The molecule has 27 heavy (non-hydrogen) atoms. The number of carbonyl (C=O) groups is 2. The van der Waals surface area contributed by atoms with Crippen molar-refractivity contribution < 1.29 is 19.1 Å². The van der Waals surface area contributed by atoms with E-state index in [9.17, 15) is 9.59 Å². The van der Waals surface area contributed by atoms with Gasteiger partial charge in [-0.1, -0.05) is 24.3 Å². The molecule has 1 saturated heterocycles. The van der Waals surface area contributed by atoms with Crippen LogP contribution in [0.5, 0.6) is 0 Å². The minimum Gasteiger partial charge on any atom is -0.463 e. The Balaban J connectivity index is 1.67. The van der Waals surface area contributed by atoms with Gasteiger partial charge in [0, 0.05) is 37.8 Å². The highest BCUT2D eigenvalue weighted by Crippen LogP contribution is 2.19. The Bertz CT molecular complexity index is 632. The van der Waals surface area contributed by atoms with Gasteiger partial charge >= 0.3 is 5.97 Å². The predicted molar refractivity (Wildman–Crippen MR) is 104 cm³/mol. The number of nitrogens with zero attached hydrogens (tertiary/aromatic N) is 2. The Hall–Kier alpha value is -2.34. The number of esters is 1. The summed E-state index contributed by atoms with van der Waals surface area (Å²) in [6.45, 7) is 10.8. The van der Waals surface area contributed by atoms with Crippen LogP contribution in [-0.4, -0.2) is 62.3 Å². The summed E-state index contributed by atoms with van der Waals surface area (Å²) in [7, 11) is 0. The molecule has 1 aromatic rings. The van der Waals surface area contributed by atoms with E-state index in [-0.39, 0.29) is 37.4 Å². The Labute approximate surface area is 161 Å². The van der Waals surface area contributed by atoms with Gasteiger partial charge in [0.05, 0.1) is 19.6 Å². The van der Waals surface area contributed by atoms with E-state index in [1.54, 1.807) is 0 Å². The monoisotopic (exact) mass is 373 g/mol. The second-order valence-corrected chi connectivity index (χ2v) is 6.87. The van der Waals surface area contributed by atoms with Gasteiger partial charge in [-0.2, -0.15) is 0 Å². The molecule has 0 aliphatic carbocycles. The summed E-state index contributed by atoms with van der Waals surface area (Å²) in [5.41, 5.74) is 2.07. The fraction of sp³-hybridized carbons (Fsp3) is 0.524. The smallest absolute Gasteiger partial charge is 0.306 e. The second kappa shape index (κ2) is 10.7. The van der Waals surface area contributed by atoms with Crippen molar-refractivity contribution >= 4 is 17.6 Å². The summed E-state index contributed by atoms with van der Waals surface area (Å²) in [6, 6.07) is 11.0. The maximum atomic E-state index is 12.5. The third-order valence-corrected chi connectivity index (χ3v) is 4.40. The average molecular weight is 373 g/mol. The van der Waals surface area contributed by atoms with E-state index in [1.165, 1.54) is 0 Å². The summed E-state index contributed by atoms with van der Waals surface area (Å²) in [5.74, 6) is -0.367. The Kier molecular flexibility index (Phi) is 8.33. The lowest BCUT2D eigenvalue weighted by Gasteiger charge is -2.41. The van der Waals surface area contributed by atoms with E-state index >= 15 is 0 Å². The molecule has 1 atom stereocenters. The normalized spacial score (nSPS) is 16.9. The van der Waals surface area contributed by atoms with Crippen LogP contribution in [0.4, 0.5) is 5.69 Å². The zero-order valence-electron chi connectivity index (χ0n) is 16.3. The van der Waals surface area contributed by atoms with Gasteiger partial charge in [-0.15, -0.1) is 0 Å². The first-order valence-electron chi connectivity index (χ1n) is 9.35. The van der Waals surface area contributed by atoms with Crippen molar-refractivity contribution in [1.82, 2.24) is 4.90 Å². The van der Waals surface area contributed by atoms with Crippen LogP contribution in [0.2, 0.25) is 0 Å². The maximum Gasteiger partial charge on any atom is 0.306 e. The number of rotatable bonds is 9. The van der Waals surface area contributed by atoms with Crippen LogP contribution < -0.4 is 4.90 Å². The predicted octanol–water partition coefficient (Wildman–Crippen LogP) is 2.44. The van der Waals surface area contributed by atoms with E-state index in [1.807, 2.05) is 43.0 Å². The topological polar surface area (TPSA) is 59.1 Å². The van der Waals surface area contributed by atoms with Crippen molar-refractivity contribution in [3.63, 3.8) is 0 Å². The molecular weight excluding hydrogens is 344 g/mol. The number of benzene rings is 1. The van der Waals surface area contributed by atoms with Crippen LogP contribution in [0.15, 0.2) is 36.4 Å². The summed E-state index contributed by atoms with van der Waals surface area (Å²) >= 11 is 0. The van der Waals surface area contributed by atoms with Gasteiger partial charge in [-0.05, 0) is 32.0 Å². The average Bonchev–Trinajstić information content (AvgIpc) is 2.66. The van der Waals surface area contributed by atoms with Crippen molar-refractivity contribution in [3.05, 3.63) is 42.5 Å². The van der Waals surface area contributed by atoms with Crippen molar-refractivity contribution in [2.75, 3.05) is 44.4 Å². The van der Waals surface area contributed by atoms with E-state index in [4.69, 9.17) is 9.47 Å². The third kappa shape index (κ3) is 7.06. The van der Waals surface area contributed by atoms with Crippen LogP contribution in [0.3, 0.4) is 0 Å². The van der Waals surface area contributed by atoms with Gasteiger partial charge in [0.25, 0.3) is 0 Å². The van der Waals surface area contributed by atoms with Gasteiger partial charge < -0.3 is 19.3 Å². The maximum absolute atomic E-state index is 12.5. The number of amides is 1. The molecule has 6 heteroatoms. The van der Waals surface area contributed by atoms with Crippen LogP contribution >= 0.6 is 0 Å². The minimum atomic E-state index is -0.367. The minimum absolute atomic E-state index is 0.000901. The highest BCUT2D eigenvalue weighted by atomic mass is 16.6. The lowest BCUT2D eigenvalue weighted by Crippen LogP contribution is -2.54. The van der Waals surface area contributed by atoms with Crippen molar-refractivity contribution in [2.45, 2.75) is 32.7 Å². The molecule has 1 fully saturated rings. The molecular formula is C21H29N2O4. The van der Waals surface area contributed by atoms with E-state index in [0.717, 1.165) is 24.4 Å². The molecule has 1 amide bonds. The zero-order valence-corrected chi connectivity index (χ0v) is 16.3. The van der Waals surface area contributed by atoms with Crippen molar-refractivity contribution in [3.8, 4) is 0 Å². The number of carbonyl (C=O) groups excluding carboxylic acids is 2. The van der Waals surface area contributed by atoms with E-state index < -0.39 is 0 Å². The molecule has 2 rings (SSSR count). The molecule has 0 aromatic heterocycles. The third-order valence-electron chi connectivity index (χ3n) is 4.40. The number of hydrogen-bond acceptors (Lipinski definition) is 5. The zero-order chi connectivity index (χ0) is 19.6. The van der Waals surface area contributed by atoms with Gasteiger partial charge in [0.1, 0.15) is 6.61 Å². The summed E-state index contributed by atoms with van der Waals surface area (Å²) < 4.78 is 10.4. The fourth-order valence-corrected chi connectivity index (χ4v) is 3.04. The molecule has 1 unspecified atom stereocenters. The summed E-state index contributed by atoms with van der Waals surface area (Å²) in [5, 5.41) is 0. The first-order chi connectivity index (χ1) is 13.0. The number of ether oxygens (including phenoxy) is 2. The Morgan fingerprint density at radius 2 is 1.96 bits per heavy atom. The Morgan fingerprint density at radius 3 is 2.63 bits per heavy atom. The van der Waals surface area contributed by atoms with Gasteiger partial charge in [0.2, 0.25) is 5.91 Å². The number of hydrogen-bond donors (Lipinski definition) is 0. The molecule has 6 nitrogen and oxygen atoms in total. The first-order valence-corrected chi connectivity index (χ1v) is 9.35. The molecule has 147 valence electrons. The molecule has 1 heterocycles. The number of anilines is 1. The van der Waals surface area contributed by atoms with Gasteiger partial charge in [0.15, 0.2) is 0 Å². The molecule has 0 N–H and O–H groups in total. The van der Waals surface area contributed by atoms with Crippen LogP contribution in [-0.2, 0) is 19.1 Å². The first kappa shape index (κ1) is 21.0. The van der Waals surface area contributed by atoms with Gasteiger partial charge in [-0.3, -0.25) is 9.59 Å². The van der Waals surface area contributed by atoms with Crippen molar-refractivity contribution in [1.29, 1.82) is 0 Å². The SMILES string of the molecule is C=C(C)COCCOC(=O)CCC(=O)N1CCN(c2cc[c]cc2)CC1C. The number of piperazine rings is 1. The van der Waals surface area contributed by atoms with Crippen LogP contribution in [0.1, 0.15) is 26.7 Å². The largest absolute Gasteiger partial charge is 0.463 e. The Morgan fingerprint density at radius 1 is 1.22 bits per heavy atom. The molecule has 1 radical (unpaired) electrons. The standard InChI is InChI=1S/C21H29N2O4/c1-17(2)16-26-13-14-27-21(25)10-9-20(24)23-12-11-22(15-18(23)3)19-7-5-4-6-8-19/h5-8,18H,1,9-16H2,2-3H3. The molecule has 0 spiro atoms. The fourth-order valence-electron chi connectivity index (χ4n) is 3.04. The van der Waals surface area contributed by atoms with Gasteiger partial charge in [-0.25, -0.2) is 0 Å². The molecule has 0 bridgehead atoms. The lowest BCUT2D eigenvalue weighted by atomic mass is 10.1. The molecule has 0 saturated carbocycles.